The fourth-order valence-corrected chi connectivity index (χ4v) is 9.02. The van der Waals surface area contributed by atoms with Crippen LogP contribution in [0.1, 0.15) is 0 Å². The molecule has 0 aliphatic heterocycles. The maximum Gasteiger partial charge on any atom is 0.143 e. The van der Waals surface area contributed by atoms with Crippen molar-refractivity contribution in [2.45, 2.75) is 0 Å². The molecule has 0 spiro atoms. The lowest BCUT2D eigenvalue weighted by molar-refractivity contribution is 0.669. The summed E-state index contributed by atoms with van der Waals surface area (Å²) in [4.78, 5) is 2.36. The largest absolute Gasteiger partial charge is 0.456 e. The van der Waals surface area contributed by atoms with E-state index in [1.165, 1.54) is 32.8 Å². The van der Waals surface area contributed by atoms with Gasteiger partial charge in [0.2, 0.25) is 0 Å². The van der Waals surface area contributed by atoms with Gasteiger partial charge in [0, 0.05) is 44.0 Å². The van der Waals surface area contributed by atoms with Gasteiger partial charge in [0.25, 0.3) is 0 Å². The molecule has 12 aromatic rings. The maximum absolute atomic E-state index is 6.79. The summed E-state index contributed by atoms with van der Waals surface area (Å²) >= 11 is 0. The van der Waals surface area contributed by atoms with Gasteiger partial charge in [-0.1, -0.05) is 152 Å². The molecule has 2 heterocycles. The van der Waals surface area contributed by atoms with Crippen molar-refractivity contribution in [3.05, 3.63) is 212 Å². The maximum atomic E-state index is 6.79. The Hall–Kier alpha value is -7.88. The molecule has 0 fully saturated rings. The summed E-state index contributed by atoms with van der Waals surface area (Å²) in [6.07, 6.45) is 0. The third-order valence-corrected chi connectivity index (χ3v) is 11.8. The molecule has 0 N–H and O–H groups in total. The molecule has 59 heavy (non-hydrogen) atoms. The molecule has 0 aliphatic rings. The molecule has 3 heteroatoms. The highest BCUT2D eigenvalue weighted by Gasteiger charge is 2.22. The van der Waals surface area contributed by atoms with E-state index in [2.05, 4.69) is 205 Å². The minimum atomic E-state index is 0.865. The van der Waals surface area contributed by atoms with E-state index in [0.29, 0.717) is 0 Å². The van der Waals surface area contributed by atoms with Crippen molar-refractivity contribution in [1.29, 1.82) is 0 Å². The molecule has 0 radical (unpaired) electrons. The predicted octanol–water partition coefficient (Wildman–Crippen LogP) is 16.3. The number of rotatable bonds is 6. The van der Waals surface area contributed by atoms with Crippen LogP contribution < -0.4 is 4.90 Å². The number of anilines is 3. The number of nitrogens with zero attached hydrogens (tertiary/aromatic N) is 1. The molecule has 276 valence electrons. The van der Waals surface area contributed by atoms with E-state index in [1.807, 2.05) is 12.1 Å². The molecular formula is C56H35NO2. The van der Waals surface area contributed by atoms with Crippen molar-refractivity contribution in [2.75, 3.05) is 4.90 Å². The first-order valence-electron chi connectivity index (χ1n) is 20.1. The summed E-state index contributed by atoms with van der Waals surface area (Å²) in [7, 11) is 0. The van der Waals surface area contributed by atoms with E-state index in [-0.39, 0.29) is 0 Å². The molecule has 0 atom stereocenters. The lowest BCUT2D eigenvalue weighted by Gasteiger charge is -2.28. The minimum Gasteiger partial charge on any atom is -0.456 e. The third-order valence-electron chi connectivity index (χ3n) is 11.8. The summed E-state index contributed by atoms with van der Waals surface area (Å²) in [5.74, 6) is 0. The molecule has 2 aromatic heterocycles. The molecule has 0 unspecified atom stereocenters. The summed E-state index contributed by atoms with van der Waals surface area (Å²) in [6.45, 7) is 0. The van der Waals surface area contributed by atoms with Gasteiger partial charge in [-0.25, -0.2) is 0 Å². The lowest BCUT2D eigenvalue weighted by Crippen LogP contribution is -2.11. The second kappa shape index (κ2) is 13.4. The van der Waals surface area contributed by atoms with Crippen LogP contribution in [0.25, 0.3) is 98.8 Å². The van der Waals surface area contributed by atoms with E-state index in [1.54, 1.807) is 0 Å². The van der Waals surface area contributed by atoms with Crippen LogP contribution in [0.2, 0.25) is 0 Å². The van der Waals surface area contributed by atoms with Gasteiger partial charge < -0.3 is 13.7 Å². The van der Waals surface area contributed by atoms with Crippen LogP contribution in [0.5, 0.6) is 0 Å². The van der Waals surface area contributed by atoms with Crippen LogP contribution in [0.4, 0.5) is 17.1 Å². The minimum absolute atomic E-state index is 0.865. The Morgan fingerprint density at radius 2 is 0.898 bits per heavy atom. The van der Waals surface area contributed by atoms with Gasteiger partial charge in [0.15, 0.2) is 0 Å². The summed E-state index contributed by atoms with van der Waals surface area (Å²) in [5.41, 5.74) is 13.5. The number of benzene rings is 10. The van der Waals surface area contributed by atoms with Gasteiger partial charge in [0.05, 0.1) is 5.69 Å². The molecule has 0 amide bonds. The van der Waals surface area contributed by atoms with Crippen LogP contribution in [-0.4, -0.2) is 0 Å². The molecule has 3 nitrogen and oxygen atoms in total. The second-order valence-electron chi connectivity index (χ2n) is 15.3. The van der Waals surface area contributed by atoms with E-state index < -0.39 is 0 Å². The van der Waals surface area contributed by atoms with Gasteiger partial charge in [-0.05, 0) is 104 Å². The van der Waals surface area contributed by atoms with Crippen molar-refractivity contribution in [3.8, 4) is 33.4 Å². The van der Waals surface area contributed by atoms with E-state index in [0.717, 1.165) is 83.0 Å². The van der Waals surface area contributed by atoms with Crippen LogP contribution in [0.3, 0.4) is 0 Å². The topological polar surface area (TPSA) is 29.5 Å². The van der Waals surface area contributed by atoms with Crippen molar-refractivity contribution < 1.29 is 8.83 Å². The zero-order chi connectivity index (χ0) is 38.9. The first-order valence-corrected chi connectivity index (χ1v) is 20.1. The molecular weight excluding hydrogens is 719 g/mol. The van der Waals surface area contributed by atoms with Crippen LogP contribution >= 0.6 is 0 Å². The molecule has 0 saturated carbocycles. The zero-order valence-corrected chi connectivity index (χ0v) is 32.0. The fraction of sp³-hybridized carbons (Fsp3) is 0. The fourth-order valence-electron chi connectivity index (χ4n) is 9.02. The SMILES string of the molecule is c1cc(-c2ccc(N(c3ccc4oc5ccccc5c4c3)c3ccccc3-c3cccc4c3oc3cc5ccccc5cc34)cc2)cc(-c2cccc3ccccc23)c1. The van der Waals surface area contributed by atoms with E-state index >= 15 is 0 Å². The first-order chi connectivity index (χ1) is 29.2. The summed E-state index contributed by atoms with van der Waals surface area (Å²) in [5, 5.41) is 9.26. The smallest absolute Gasteiger partial charge is 0.143 e. The average Bonchev–Trinajstić information content (AvgIpc) is 3.86. The number of hydrogen-bond donors (Lipinski definition) is 0. The first kappa shape index (κ1) is 33.3. The predicted molar refractivity (Wildman–Crippen MR) is 247 cm³/mol. The van der Waals surface area contributed by atoms with Crippen molar-refractivity contribution in [2.24, 2.45) is 0 Å². The van der Waals surface area contributed by atoms with Crippen LogP contribution in [0.15, 0.2) is 221 Å². The van der Waals surface area contributed by atoms with Gasteiger partial charge in [-0.2, -0.15) is 0 Å². The highest BCUT2D eigenvalue weighted by Crippen LogP contribution is 2.46. The van der Waals surface area contributed by atoms with Gasteiger partial charge in [0.1, 0.15) is 22.3 Å². The Morgan fingerprint density at radius 1 is 0.288 bits per heavy atom. The normalized spacial score (nSPS) is 11.7. The summed E-state index contributed by atoms with van der Waals surface area (Å²) in [6, 6.07) is 75.8. The van der Waals surface area contributed by atoms with Gasteiger partial charge in [-0.3, -0.25) is 0 Å². The monoisotopic (exact) mass is 753 g/mol. The molecule has 0 bridgehead atoms. The number of para-hydroxylation sites is 3. The zero-order valence-electron chi connectivity index (χ0n) is 32.0. The van der Waals surface area contributed by atoms with Crippen molar-refractivity contribution >= 4 is 82.5 Å². The quantitative estimate of drug-likeness (QED) is 0.169. The van der Waals surface area contributed by atoms with Gasteiger partial charge in [-0.15, -0.1) is 0 Å². The Kier molecular flexibility index (Phi) is 7.54. The Balaban J connectivity index is 1.02. The Labute approximate surface area is 340 Å². The van der Waals surface area contributed by atoms with Gasteiger partial charge >= 0.3 is 0 Å². The average molecular weight is 754 g/mol. The third kappa shape index (κ3) is 5.51. The van der Waals surface area contributed by atoms with Crippen LogP contribution in [0, 0.1) is 0 Å². The van der Waals surface area contributed by atoms with E-state index in [4.69, 9.17) is 8.83 Å². The molecule has 0 aliphatic carbocycles. The Morgan fingerprint density at radius 3 is 1.80 bits per heavy atom. The highest BCUT2D eigenvalue weighted by molar-refractivity contribution is 6.14. The molecule has 12 rings (SSSR count). The summed E-state index contributed by atoms with van der Waals surface area (Å²) < 4.78 is 13.1. The second-order valence-corrected chi connectivity index (χ2v) is 15.3. The van der Waals surface area contributed by atoms with Crippen LogP contribution in [-0.2, 0) is 0 Å². The van der Waals surface area contributed by atoms with Crippen molar-refractivity contribution in [3.63, 3.8) is 0 Å². The molecule has 0 saturated heterocycles. The highest BCUT2D eigenvalue weighted by atomic mass is 16.3. The Bertz CT molecular complexity index is 3570. The molecule has 10 aromatic carbocycles. The number of fused-ring (bicyclic) bond motifs is 8. The van der Waals surface area contributed by atoms with Crippen molar-refractivity contribution in [1.82, 2.24) is 0 Å². The number of furan rings is 2. The lowest BCUT2D eigenvalue weighted by atomic mass is 9.95. The van der Waals surface area contributed by atoms with E-state index in [9.17, 15) is 0 Å². The standard InChI is InChI=1S/C56H35NO2/c1-2-14-40-34-55-50(33-39(40)13-1)49-23-11-22-48(56(49)59-55)46-19-5-7-24-52(46)57(43-30-31-54-51(35-43)47-20-6-8-25-53(47)58-54)42-28-26-36(27-29-42)38-16-9-17-41(32-38)45-21-10-15-37-12-3-4-18-44(37)45/h1-35H. The number of hydrogen-bond acceptors (Lipinski definition) is 3.